The maximum Gasteiger partial charge on any atom is 0.274 e. The number of carbonyl (C=O) groups is 2. The molecular weight excluding hydrogens is 854 g/mol. The second kappa shape index (κ2) is 18.4. The normalized spacial score (nSPS) is 14.3. The second-order valence-electron chi connectivity index (χ2n) is 16.4. The molecule has 5 aromatic carbocycles. The van der Waals surface area contributed by atoms with Gasteiger partial charge in [0.15, 0.2) is 5.76 Å². The second-order valence-corrected chi connectivity index (χ2v) is 18.9. The SMILES string of the molecule is CC(Cl)C1CN(C(=O)c2cc3cc(OCCN(C)C)ccc3[nH]2)c2cc(O)c3cc(CNC(=O)CCNS(=O)(=O)c4ccc(-c5ncc(-c6ccc(N(C)C)cc6)o5)cc4)ccc3c21. The highest BCUT2D eigenvalue weighted by atomic mass is 35.5. The van der Waals surface area contributed by atoms with Crippen molar-refractivity contribution in [2.75, 3.05) is 64.2 Å². The van der Waals surface area contributed by atoms with Crippen molar-refractivity contribution >= 4 is 66.5 Å². The Morgan fingerprint density at radius 1 is 0.969 bits per heavy atom. The van der Waals surface area contributed by atoms with Gasteiger partial charge in [0.1, 0.15) is 23.8 Å². The summed E-state index contributed by atoms with van der Waals surface area (Å²) in [7, 11) is 4.00. The molecule has 0 aliphatic carbocycles. The van der Waals surface area contributed by atoms with Crippen molar-refractivity contribution in [3.63, 3.8) is 0 Å². The fourth-order valence-electron chi connectivity index (χ4n) is 7.86. The van der Waals surface area contributed by atoms with Crippen molar-refractivity contribution in [1.29, 1.82) is 0 Å². The summed E-state index contributed by atoms with van der Waals surface area (Å²) < 4.78 is 40.5. The zero-order valence-corrected chi connectivity index (χ0v) is 37.8. The number of oxazole rings is 1. The van der Waals surface area contributed by atoms with Crippen molar-refractivity contribution in [3.05, 3.63) is 120 Å². The molecule has 0 bridgehead atoms. The number of aromatic amines is 1. The molecule has 0 saturated heterocycles. The van der Waals surface area contributed by atoms with Crippen molar-refractivity contribution in [3.8, 4) is 34.3 Å². The number of anilines is 2. The molecule has 0 spiro atoms. The Labute approximate surface area is 376 Å². The van der Waals surface area contributed by atoms with Crippen molar-refractivity contribution < 1.29 is 32.3 Å². The van der Waals surface area contributed by atoms with Gasteiger partial charge in [-0.2, -0.15) is 0 Å². The first-order chi connectivity index (χ1) is 30.6. The number of aromatic nitrogens is 2. The number of hydrogen-bond acceptors (Lipinski definition) is 10. The van der Waals surface area contributed by atoms with Crippen LogP contribution in [0.2, 0.25) is 0 Å². The molecule has 16 heteroatoms. The third-order valence-electron chi connectivity index (χ3n) is 11.4. The van der Waals surface area contributed by atoms with Crippen LogP contribution < -0.4 is 24.6 Å². The van der Waals surface area contributed by atoms with Crippen LogP contribution in [0.25, 0.3) is 44.5 Å². The first-order valence-electron chi connectivity index (χ1n) is 20.9. The van der Waals surface area contributed by atoms with Crippen LogP contribution in [0.1, 0.15) is 40.9 Å². The summed E-state index contributed by atoms with van der Waals surface area (Å²) >= 11 is 6.77. The zero-order valence-electron chi connectivity index (χ0n) is 36.2. The summed E-state index contributed by atoms with van der Waals surface area (Å²) in [4.78, 5) is 40.3. The van der Waals surface area contributed by atoms with E-state index in [-0.39, 0.29) is 53.3 Å². The van der Waals surface area contributed by atoms with Gasteiger partial charge < -0.3 is 39.3 Å². The summed E-state index contributed by atoms with van der Waals surface area (Å²) in [6.45, 7) is 3.57. The number of aromatic hydroxyl groups is 1. The lowest BCUT2D eigenvalue weighted by molar-refractivity contribution is -0.121. The van der Waals surface area contributed by atoms with E-state index < -0.39 is 10.0 Å². The van der Waals surface area contributed by atoms with Gasteiger partial charge in [-0.25, -0.2) is 18.1 Å². The van der Waals surface area contributed by atoms with Crippen LogP contribution in [-0.2, 0) is 21.4 Å². The maximum atomic E-state index is 14.1. The van der Waals surface area contributed by atoms with Gasteiger partial charge in [-0.15, -0.1) is 11.6 Å². The van der Waals surface area contributed by atoms with E-state index >= 15 is 0 Å². The number of ether oxygens (including phenoxy) is 1. The van der Waals surface area contributed by atoms with Crippen molar-refractivity contribution in [1.82, 2.24) is 24.9 Å². The molecule has 2 amide bonds. The number of nitrogens with one attached hydrogen (secondary N) is 3. The number of fused-ring (bicyclic) bond motifs is 4. The van der Waals surface area contributed by atoms with Gasteiger partial charge in [0.25, 0.3) is 5.91 Å². The molecule has 2 aromatic heterocycles. The molecule has 0 radical (unpaired) electrons. The number of halogens is 1. The number of phenolic OH excluding ortho intramolecular Hbond substituents is 1. The number of H-pyrrole nitrogens is 1. The van der Waals surface area contributed by atoms with Crippen LogP contribution in [-0.4, -0.2) is 100 Å². The zero-order chi connectivity index (χ0) is 45.3. The van der Waals surface area contributed by atoms with Crippen molar-refractivity contribution in [2.45, 2.75) is 36.1 Å². The van der Waals surface area contributed by atoms with Crippen LogP contribution in [0.3, 0.4) is 0 Å². The maximum absolute atomic E-state index is 14.1. The van der Waals surface area contributed by atoms with Crippen LogP contribution in [0, 0.1) is 0 Å². The number of rotatable bonds is 16. The Morgan fingerprint density at radius 3 is 2.44 bits per heavy atom. The van der Waals surface area contributed by atoms with E-state index in [0.717, 1.165) is 45.2 Å². The molecule has 1 aliphatic heterocycles. The number of sulfonamides is 1. The molecule has 4 N–H and O–H groups in total. The molecular formula is C48H50ClN7O7S. The van der Waals surface area contributed by atoms with E-state index in [0.29, 0.717) is 52.9 Å². The molecule has 332 valence electrons. The predicted octanol–water partition coefficient (Wildman–Crippen LogP) is 7.71. The number of alkyl halides is 1. The fourth-order valence-corrected chi connectivity index (χ4v) is 9.10. The van der Waals surface area contributed by atoms with Gasteiger partial charge in [0.2, 0.25) is 21.8 Å². The molecule has 2 atom stereocenters. The van der Waals surface area contributed by atoms with E-state index in [4.69, 9.17) is 20.8 Å². The first kappa shape index (κ1) is 44.2. The molecule has 0 fully saturated rings. The molecule has 7 aromatic rings. The van der Waals surface area contributed by atoms with Crippen LogP contribution in [0.4, 0.5) is 11.4 Å². The third-order valence-corrected chi connectivity index (χ3v) is 13.2. The average Bonchev–Trinajstić information content (AvgIpc) is 4.03. The molecule has 0 saturated carbocycles. The van der Waals surface area contributed by atoms with Gasteiger partial charge in [-0.05, 0) is 116 Å². The quantitative estimate of drug-likeness (QED) is 0.0704. The topological polar surface area (TPSA) is 173 Å². The largest absolute Gasteiger partial charge is 0.507 e. The molecule has 1 aliphatic rings. The Hall–Kier alpha value is -6.39. The third kappa shape index (κ3) is 9.43. The van der Waals surface area contributed by atoms with E-state index in [9.17, 15) is 23.1 Å². The Kier molecular flexibility index (Phi) is 12.7. The lowest BCUT2D eigenvalue weighted by Gasteiger charge is -2.18. The Bertz CT molecular complexity index is 2950. The lowest BCUT2D eigenvalue weighted by Crippen LogP contribution is -2.31. The summed E-state index contributed by atoms with van der Waals surface area (Å²) in [5.41, 5.74) is 5.92. The fraction of sp³-hybridized carbons (Fsp3) is 0.271. The minimum atomic E-state index is -3.91. The molecule has 8 rings (SSSR count). The number of amides is 2. The van der Waals surface area contributed by atoms with Crippen molar-refractivity contribution in [2.24, 2.45) is 0 Å². The minimum Gasteiger partial charge on any atom is -0.507 e. The molecule has 14 nitrogen and oxygen atoms in total. The smallest absolute Gasteiger partial charge is 0.274 e. The average molecular weight is 904 g/mol. The van der Waals surface area contributed by atoms with E-state index in [1.165, 1.54) is 12.1 Å². The standard InChI is InChI=1S/C48H50ClN7O7S/c1-29(49)39-28-56(48(59)41-24-33-23-35(13-17-40(33)53-41)62-21-20-54(2)3)42-25-43(57)38-22-30(6-16-37(38)46(39)42)26-50-45(58)18-19-52-64(60,61)36-14-9-32(10-15-36)47-51-27-44(63-47)31-7-11-34(12-8-31)55(4)5/h6-17,22-25,27,29,39,52-53,57H,18-21,26,28H2,1-5H3,(H,50,58). The number of nitrogens with zero attached hydrogens (tertiary/aromatic N) is 4. The highest BCUT2D eigenvalue weighted by Gasteiger charge is 2.38. The number of hydrogen-bond donors (Lipinski definition) is 4. The van der Waals surface area contributed by atoms with Gasteiger partial charge in [-0.1, -0.05) is 12.1 Å². The highest BCUT2D eigenvalue weighted by molar-refractivity contribution is 7.89. The van der Waals surface area contributed by atoms with Gasteiger partial charge in [-0.3, -0.25) is 9.59 Å². The monoisotopic (exact) mass is 903 g/mol. The number of benzene rings is 5. The predicted molar refractivity (Wildman–Crippen MR) is 251 cm³/mol. The molecule has 3 heterocycles. The Balaban J connectivity index is 0.880. The highest BCUT2D eigenvalue weighted by Crippen LogP contribution is 2.47. The van der Waals surface area contributed by atoms with Gasteiger partial charge >= 0.3 is 0 Å². The number of carbonyl (C=O) groups excluding carboxylic acids is 2. The van der Waals surface area contributed by atoms with Gasteiger partial charge in [0, 0.05) is 97.2 Å². The van der Waals surface area contributed by atoms with Gasteiger partial charge in [0.05, 0.1) is 16.8 Å². The Morgan fingerprint density at radius 2 is 1.72 bits per heavy atom. The number of likely N-dealkylation sites (N-methyl/N-ethyl adjacent to an activating group) is 1. The molecule has 2 unspecified atom stereocenters. The van der Waals surface area contributed by atoms with Crippen LogP contribution in [0.15, 0.2) is 113 Å². The summed E-state index contributed by atoms with van der Waals surface area (Å²) in [6.07, 6.45) is 1.54. The first-order valence-corrected chi connectivity index (χ1v) is 22.8. The van der Waals surface area contributed by atoms with E-state index in [1.807, 2.05) is 106 Å². The summed E-state index contributed by atoms with van der Waals surface area (Å²) in [5, 5.41) is 16.0. The lowest BCUT2D eigenvalue weighted by atomic mass is 9.91. The van der Waals surface area contributed by atoms with Crippen LogP contribution in [0.5, 0.6) is 11.5 Å². The van der Waals surface area contributed by atoms with E-state index in [2.05, 4.69) is 20.0 Å². The summed E-state index contributed by atoms with van der Waals surface area (Å²) in [5.74, 6) is 0.835. The van der Waals surface area contributed by atoms with Crippen LogP contribution >= 0.6 is 11.6 Å². The minimum absolute atomic E-state index is 0.0163. The molecule has 64 heavy (non-hydrogen) atoms. The van der Waals surface area contributed by atoms with E-state index in [1.54, 1.807) is 35.4 Å². The summed E-state index contributed by atoms with van der Waals surface area (Å²) in [6, 6.07) is 28.7. The number of phenols is 1.